The van der Waals surface area contributed by atoms with Gasteiger partial charge in [0, 0.05) is 24.4 Å². The largest absolute Gasteiger partial charge is 0.437 e. The first kappa shape index (κ1) is 17.4. The number of hydrogen-bond acceptors (Lipinski definition) is 7. The van der Waals surface area contributed by atoms with Crippen molar-refractivity contribution < 1.29 is 17.8 Å². The number of sulfonamides is 1. The van der Waals surface area contributed by atoms with Crippen molar-refractivity contribution in [2.75, 3.05) is 4.72 Å². The van der Waals surface area contributed by atoms with Gasteiger partial charge in [-0.05, 0) is 24.3 Å². The van der Waals surface area contributed by atoms with Gasteiger partial charge in [-0.2, -0.15) is 4.68 Å². The number of nitro groups is 1. The lowest BCUT2D eigenvalue weighted by atomic mass is 10.2. The number of rotatable bonds is 5. The van der Waals surface area contributed by atoms with E-state index >= 15 is 0 Å². The van der Waals surface area contributed by atoms with Gasteiger partial charge in [-0.3, -0.25) is 14.8 Å². The normalized spacial score (nSPS) is 11.3. The van der Waals surface area contributed by atoms with E-state index in [0.29, 0.717) is 5.56 Å². The Morgan fingerprint density at radius 1 is 1.19 bits per heavy atom. The fourth-order valence-corrected chi connectivity index (χ4v) is 3.45. The lowest BCUT2D eigenvalue weighted by Crippen LogP contribution is -2.14. The van der Waals surface area contributed by atoms with Crippen LogP contribution in [0.3, 0.4) is 0 Å². The third-order valence-electron chi connectivity index (χ3n) is 3.40. The molecule has 26 heavy (non-hydrogen) atoms. The average molecular weight is 376 g/mol. The van der Waals surface area contributed by atoms with Gasteiger partial charge >= 0.3 is 5.76 Å². The minimum atomic E-state index is -4.20. The van der Waals surface area contributed by atoms with E-state index in [1.54, 1.807) is 6.07 Å². The van der Waals surface area contributed by atoms with Gasteiger partial charge in [-0.25, -0.2) is 13.2 Å². The summed E-state index contributed by atoms with van der Waals surface area (Å²) in [5.74, 6) is -0.643. The molecule has 3 rings (SSSR count). The van der Waals surface area contributed by atoms with Crippen LogP contribution in [0.1, 0.15) is 0 Å². The van der Waals surface area contributed by atoms with Crippen molar-refractivity contribution in [3.63, 3.8) is 0 Å². The molecule has 10 nitrogen and oxygen atoms in total. The molecule has 11 heteroatoms. The first-order valence-electron chi connectivity index (χ1n) is 7.19. The van der Waals surface area contributed by atoms with E-state index in [1.165, 1.54) is 37.4 Å². The zero-order chi connectivity index (χ0) is 18.9. The Hall–Kier alpha value is -3.47. The zero-order valence-electron chi connectivity index (χ0n) is 13.3. The molecule has 0 atom stereocenters. The van der Waals surface area contributed by atoms with Crippen LogP contribution in [0.2, 0.25) is 0 Å². The number of nitrogens with one attached hydrogen (secondary N) is 1. The Balaban J connectivity index is 1.98. The van der Waals surface area contributed by atoms with E-state index < -0.39 is 31.3 Å². The highest BCUT2D eigenvalue weighted by molar-refractivity contribution is 7.92. The van der Waals surface area contributed by atoms with Gasteiger partial charge in [-0.1, -0.05) is 18.2 Å². The number of hydrogen-bond donors (Lipinski definition) is 1. The Morgan fingerprint density at radius 3 is 2.58 bits per heavy atom. The molecule has 1 aromatic heterocycles. The average Bonchev–Trinajstić information content (AvgIpc) is 2.94. The molecule has 1 N–H and O–H groups in total. The maximum atomic E-state index is 12.5. The predicted molar refractivity (Wildman–Crippen MR) is 91.1 cm³/mol. The summed E-state index contributed by atoms with van der Waals surface area (Å²) >= 11 is 0. The Bertz CT molecular complexity index is 1150. The topological polar surface area (TPSA) is 137 Å². The van der Waals surface area contributed by atoms with E-state index in [-0.39, 0.29) is 11.6 Å². The molecule has 0 radical (unpaired) electrons. The lowest BCUT2D eigenvalue weighted by molar-refractivity contribution is -0.387. The van der Waals surface area contributed by atoms with Crippen molar-refractivity contribution in [1.29, 1.82) is 0 Å². The predicted octanol–water partition coefficient (Wildman–Crippen LogP) is 1.75. The van der Waals surface area contributed by atoms with Crippen LogP contribution in [0.15, 0.2) is 62.6 Å². The van der Waals surface area contributed by atoms with Crippen LogP contribution in [0, 0.1) is 10.1 Å². The highest BCUT2D eigenvalue weighted by Gasteiger charge is 2.25. The summed E-state index contributed by atoms with van der Waals surface area (Å²) in [6, 6.07) is 11.0. The maximum Gasteiger partial charge on any atom is 0.437 e. The summed E-state index contributed by atoms with van der Waals surface area (Å²) < 4.78 is 33.3. The van der Waals surface area contributed by atoms with Crippen LogP contribution in [-0.2, 0) is 17.1 Å². The van der Waals surface area contributed by atoms with Crippen molar-refractivity contribution in [3.05, 3.63) is 69.2 Å². The molecule has 0 aliphatic carbocycles. The molecule has 0 fully saturated rings. The third kappa shape index (κ3) is 3.32. The lowest BCUT2D eigenvalue weighted by Gasteiger charge is -2.09. The van der Waals surface area contributed by atoms with Crippen LogP contribution in [-0.4, -0.2) is 23.1 Å². The van der Waals surface area contributed by atoms with Gasteiger partial charge in [0.05, 0.1) is 4.92 Å². The van der Waals surface area contributed by atoms with E-state index in [9.17, 15) is 23.3 Å². The molecular weight excluding hydrogens is 364 g/mol. The van der Waals surface area contributed by atoms with Crippen LogP contribution >= 0.6 is 0 Å². The molecule has 3 aromatic rings. The molecule has 0 saturated heterocycles. The fraction of sp³-hybridized carbons (Fsp3) is 0.0667. The summed E-state index contributed by atoms with van der Waals surface area (Å²) in [5.41, 5.74) is -0.0358. The molecule has 0 saturated carbocycles. The number of para-hydroxylation sites is 1. The van der Waals surface area contributed by atoms with E-state index in [2.05, 4.69) is 9.82 Å². The number of benzene rings is 2. The quantitative estimate of drug-likeness (QED) is 0.529. The number of aromatic nitrogens is 2. The molecule has 0 aliphatic rings. The Morgan fingerprint density at radius 2 is 1.92 bits per heavy atom. The number of anilines is 1. The Labute approximate surface area is 146 Å². The van der Waals surface area contributed by atoms with Crippen molar-refractivity contribution in [2.24, 2.45) is 7.05 Å². The van der Waals surface area contributed by atoms with Crippen LogP contribution < -0.4 is 10.5 Å². The van der Waals surface area contributed by atoms with Gasteiger partial charge in [0.15, 0.2) is 4.90 Å². The summed E-state index contributed by atoms with van der Waals surface area (Å²) in [4.78, 5) is 21.2. The molecule has 0 bridgehead atoms. The van der Waals surface area contributed by atoms with Crippen LogP contribution in [0.5, 0.6) is 0 Å². The van der Waals surface area contributed by atoms with E-state index in [0.717, 1.165) is 16.8 Å². The van der Waals surface area contributed by atoms with Crippen molar-refractivity contribution >= 4 is 21.4 Å². The van der Waals surface area contributed by atoms with Gasteiger partial charge in [0.2, 0.25) is 5.89 Å². The first-order chi connectivity index (χ1) is 12.3. The van der Waals surface area contributed by atoms with Crippen molar-refractivity contribution in [2.45, 2.75) is 4.90 Å². The molecule has 0 spiro atoms. The monoisotopic (exact) mass is 376 g/mol. The zero-order valence-corrected chi connectivity index (χ0v) is 14.1. The SMILES string of the molecule is Cn1nc(-c2cccc(NS(=O)(=O)c3ccccc3[N+](=O)[O-])c2)oc1=O. The molecule has 134 valence electrons. The van der Waals surface area contributed by atoms with Crippen LogP contribution in [0.4, 0.5) is 11.4 Å². The Kier molecular flexibility index (Phi) is 4.30. The third-order valence-corrected chi connectivity index (χ3v) is 4.83. The number of aryl methyl sites for hydroxylation is 1. The van der Waals surface area contributed by atoms with Gasteiger partial charge < -0.3 is 4.42 Å². The van der Waals surface area contributed by atoms with Crippen molar-refractivity contribution in [1.82, 2.24) is 9.78 Å². The molecule has 0 amide bonds. The summed E-state index contributed by atoms with van der Waals surface area (Å²) in [7, 11) is -2.79. The number of nitrogens with zero attached hydrogens (tertiary/aromatic N) is 3. The summed E-state index contributed by atoms with van der Waals surface area (Å²) in [6.07, 6.45) is 0. The van der Waals surface area contributed by atoms with Gasteiger partial charge in [-0.15, -0.1) is 5.10 Å². The standard InChI is InChI=1S/C15H12N4O6S/c1-18-15(20)25-14(16-18)10-5-4-6-11(9-10)17-26(23,24)13-8-3-2-7-12(13)19(21)22/h2-9,17H,1H3. The highest BCUT2D eigenvalue weighted by Crippen LogP contribution is 2.26. The molecule has 1 heterocycles. The summed E-state index contributed by atoms with van der Waals surface area (Å²) in [5, 5.41) is 14.9. The van der Waals surface area contributed by atoms with E-state index in [1.807, 2.05) is 0 Å². The molecule has 2 aromatic carbocycles. The second kappa shape index (κ2) is 6.44. The molecular formula is C15H12N4O6S. The minimum Gasteiger partial charge on any atom is -0.388 e. The van der Waals surface area contributed by atoms with E-state index in [4.69, 9.17) is 4.42 Å². The number of nitro benzene ring substituents is 1. The molecule has 0 unspecified atom stereocenters. The minimum absolute atomic E-state index is 0.0178. The first-order valence-corrected chi connectivity index (χ1v) is 8.67. The van der Waals surface area contributed by atoms with Crippen LogP contribution in [0.25, 0.3) is 11.5 Å². The van der Waals surface area contributed by atoms with Gasteiger partial charge in [0.1, 0.15) is 0 Å². The maximum absolute atomic E-state index is 12.5. The second-order valence-electron chi connectivity index (χ2n) is 5.21. The molecule has 0 aliphatic heterocycles. The smallest absolute Gasteiger partial charge is 0.388 e. The fourth-order valence-electron chi connectivity index (χ4n) is 2.22. The highest BCUT2D eigenvalue weighted by atomic mass is 32.2. The second-order valence-corrected chi connectivity index (χ2v) is 6.86. The summed E-state index contributed by atoms with van der Waals surface area (Å²) in [6.45, 7) is 0. The van der Waals surface area contributed by atoms with Crippen molar-refractivity contribution in [3.8, 4) is 11.5 Å². The van der Waals surface area contributed by atoms with Gasteiger partial charge in [0.25, 0.3) is 15.7 Å².